The molecule has 6 rings (SSSR count). The van der Waals surface area contributed by atoms with Crippen LogP contribution in [0.4, 0.5) is 13.2 Å². The minimum Gasteiger partial charge on any atom is -0.373 e. The molecule has 5 nitrogen and oxygen atoms in total. The Morgan fingerprint density at radius 1 is 1.02 bits per heavy atom. The highest BCUT2D eigenvalue weighted by molar-refractivity contribution is 6.39. The Bertz CT molecular complexity index is 1370. The fourth-order valence-corrected chi connectivity index (χ4v) is 7.03. The number of aromatic nitrogens is 1. The van der Waals surface area contributed by atoms with E-state index in [1.807, 2.05) is 0 Å². The summed E-state index contributed by atoms with van der Waals surface area (Å²) in [6, 6.07) is 10.4. The van der Waals surface area contributed by atoms with E-state index in [9.17, 15) is 18.0 Å². The average molecular weight is 593 g/mol. The molecule has 212 valence electrons. The minimum atomic E-state index is -4.41. The van der Waals surface area contributed by atoms with Crippen LogP contribution in [-0.2, 0) is 28.9 Å². The molecule has 0 saturated heterocycles. The van der Waals surface area contributed by atoms with Crippen molar-refractivity contribution in [1.82, 2.24) is 10.5 Å². The van der Waals surface area contributed by atoms with Gasteiger partial charge in [0.2, 0.25) is 5.91 Å². The predicted octanol–water partition coefficient (Wildman–Crippen LogP) is 8.18. The third-order valence-corrected chi connectivity index (χ3v) is 9.14. The smallest absolute Gasteiger partial charge is 0.373 e. The summed E-state index contributed by atoms with van der Waals surface area (Å²) < 4.78 is 51.3. The molecule has 10 heteroatoms. The second kappa shape index (κ2) is 11.0. The molecule has 2 atom stereocenters. The quantitative estimate of drug-likeness (QED) is 0.286. The third kappa shape index (κ3) is 5.63. The summed E-state index contributed by atoms with van der Waals surface area (Å²) in [6.45, 7) is 0.395. The highest BCUT2D eigenvalue weighted by atomic mass is 35.5. The van der Waals surface area contributed by atoms with E-state index in [4.69, 9.17) is 32.5 Å². The standard InChI is InChI=1S/C30H29Cl2F3N2O3/c31-23-5-2-6-24(32)26(23)27-22(28(40-37-27)17-7-8-17)15-39-21-12-18-9-10-19(13-21)25(18)29(38)36-14-16-3-1-4-20(11-16)30(33,34)35/h1-6,11,17-19,21,25H,7-10,12-15H2,(H,36,38). The Balaban J connectivity index is 1.10. The van der Waals surface area contributed by atoms with Crippen LogP contribution >= 0.6 is 23.2 Å². The van der Waals surface area contributed by atoms with Crippen LogP contribution in [0.3, 0.4) is 0 Å². The van der Waals surface area contributed by atoms with E-state index in [2.05, 4.69) is 10.5 Å². The molecule has 0 spiro atoms. The normalized spacial score (nSPS) is 24.3. The number of rotatable bonds is 8. The van der Waals surface area contributed by atoms with Crippen molar-refractivity contribution in [1.29, 1.82) is 0 Å². The molecule has 1 aromatic heterocycles. The molecule has 3 aliphatic rings. The molecule has 3 saturated carbocycles. The van der Waals surface area contributed by atoms with Gasteiger partial charge in [-0.25, -0.2) is 0 Å². The zero-order valence-electron chi connectivity index (χ0n) is 21.6. The van der Waals surface area contributed by atoms with Gasteiger partial charge in [0.15, 0.2) is 0 Å². The molecule has 40 heavy (non-hydrogen) atoms. The van der Waals surface area contributed by atoms with E-state index >= 15 is 0 Å². The van der Waals surface area contributed by atoms with Gasteiger partial charge in [-0.05, 0) is 80.2 Å². The van der Waals surface area contributed by atoms with E-state index in [0.717, 1.165) is 62.0 Å². The van der Waals surface area contributed by atoms with Gasteiger partial charge in [-0.15, -0.1) is 0 Å². The number of halogens is 5. The summed E-state index contributed by atoms with van der Waals surface area (Å²) in [5.41, 5.74) is 1.85. The first-order valence-electron chi connectivity index (χ1n) is 13.7. The molecular formula is C30H29Cl2F3N2O3. The number of alkyl halides is 3. The number of hydrogen-bond acceptors (Lipinski definition) is 4. The van der Waals surface area contributed by atoms with Crippen LogP contribution in [0, 0.1) is 17.8 Å². The molecule has 2 aromatic carbocycles. The molecule has 1 amide bonds. The van der Waals surface area contributed by atoms with Gasteiger partial charge in [0.1, 0.15) is 11.5 Å². The Labute approximate surface area is 240 Å². The first-order valence-corrected chi connectivity index (χ1v) is 14.4. The van der Waals surface area contributed by atoms with Crippen LogP contribution < -0.4 is 5.32 Å². The van der Waals surface area contributed by atoms with Crippen molar-refractivity contribution in [3.63, 3.8) is 0 Å². The van der Waals surface area contributed by atoms with Gasteiger partial charge < -0.3 is 14.6 Å². The van der Waals surface area contributed by atoms with Crippen molar-refractivity contribution in [3.8, 4) is 11.3 Å². The minimum absolute atomic E-state index is 0.0125. The molecule has 2 bridgehead atoms. The average Bonchev–Trinajstić information content (AvgIpc) is 3.62. The Morgan fingerprint density at radius 2 is 1.70 bits per heavy atom. The maximum Gasteiger partial charge on any atom is 0.416 e. The van der Waals surface area contributed by atoms with Gasteiger partial charge >= 0.3 is 6.18 Å². The number of nitrogens with zero attached hydrogens (tertiary/aromatic N) is 1. The summed E-state index contributed by atoms with van der Waals surface area (Å²) in [5.74, 6) is 1.27. The second-order valence-corrected chi connectivity index (χ2v) is 12.0. The SMILES string of the molecule is O=C(NCc1cccc(C(F)(F)F)c1)C1C2CCC1CC(OCc1c(-c3c(Cl)cccc3Cl)noc1C1CC1)C2. The molecule has 3 fully saturated rings. The number of hydrogen-bond donors (Lipinski definition) is 1. The first-order chi connectivity index (χ1) is 19.2. The first kappa shape index (κ1) is 27.6. The molecule has 3 aliphatic carbocycles. The zero-order valence-corrected chi connectivity index (χ0v) is 23.2. The van der Waals surface area contributed by atoms with Gasteiger partial charge in [0.25, 0.3) is 0 Å². The maximum absolute atomic E-state index is 13.1. The molecule has 1 heterocycles. The van der Waals surface area contributed by atoms with Crippen molar-refractivity contribution in [3.05, 3.63) is 75.0 Å². The number of nitrogens with one attached hydrogen (secondary N) is 1. The number of carbonyl (C=O) groups excluding carboxylic acids is 1. The van der Waals surface area contributed by atoms with Crippen molar-refractivity contribution < 1.29 is 27.2 Å². The second-order valence-electron chi connectivity index (χ2n) is 11.2. The lowest BCUT2D eigenvalue weighted by Gasteiger charge is -2.34. The van der Waals surface area contributed by atoms with Crippen molar-refractivity contribution in [2.24, 2.45) is 17.8 Å². The van der Waals surface area contributed by atoms with Crippen LogP contribution in [-0.4, -0.2) is 17.2 Å². The lowest BCUT2D eigenvalue weighted by atomic mass is 9.76. The summed E-state index contributed by atoms with van der Waals surface area (Å²) in [4.78, 5) is 13.1. The van der Waals surface area contributed by atoms with E-state index in [1.165, 1.54) is 6.07 Å². The van der Waals surface area contributed by atoms with Crippen LogP contribution in [0.25, 0.3) is 11.3 Å². The number of amides is 1. The third-order valence-electron chi connectivity index (χ3n) is 8.51. The maximum atomic E-state index is 13.1. The molecule has 2 unspecified atom stereocenters. The van der Waals surface area contributed by atoms with Crippen molar-refractivity contribution in [2.75, 3.05) is 0 Å². The van der Waals surface area contributed by atoms with Crippen molar-refractivity contribution >= 4 is 29.1 Å². The summed E-state index contributed by atoms with van der Waals surface area (Å²) >= 11 is 13.0. The topological polar surface area (TPSA) is 64.4 Å². The summed E-state index contributed by atoms with van der Waals surface area (Å²) in [6.07, 6.45) is 1.05. The van der Waals surface area contributed by atoms with E-state index in [0.29, 0.717) is 39.4 Å². The molecule has 0 aliphatic heterocycles. The Morgan fingerprint density at radius 3 is 2.35 bits per heavy atom. The van der Waals surface area contributed by atoms with Crippen LogP contribution in [0.15, 0.2) is 47.0 Å². The molecule has 0 radical (unpaired) electrons. The van der Waals surface area contributed by atoms with E-state index in [-0.39, 0.29) is 36.3 Å². The lowest BCUT2D eigenvalue weighted by Crippen LogP contribution is -2.41. The highest BCUT2D eigenvalue weighted by Crippen LogP contribution is 2.49. The number of carbonyl (C=O) groups is 1. The van der Waals surface area contributed by atoms with Crippen LogP contribution in [0.5, 0.6) is 0 Å². The van der Waals surface area contributed by atoms with E-state index in [1.54, 1.807) is 24.3 Å². The monoisotopic (exact) mass is 592 g/mol. The largest absolute Gasteiger partial charge is 0.416 e. The highest BCUT2D eigenvalue weighted by Gasteiger charge is 2.47. The predicted molar refractivity (Wildman–Crippen MR) is 145 cm³/mol. The Kier molecular flexibility index (Phi) is 7.61. The van der Waals surface area contributed by atoms with Gasteiger partial charge in [0.05, 0.1) is 28.3 Å². The van der Waals surface area contributed by atoms with Crippen molar-refractivity contribution in [2.45, 2.75) is 69.9 Å². The number of ether oxygens (including phenoxy) is 1. The zero-order chi connectivity index (χ0) is 28.0. The summed E-state index contributed by atoms with van der Waals surface area (Å²) in [7, 11) is 0. The molecule has 3 aromatic rings. The number of fused-ring (bicyclic) bond motifs is 2. The van der Waals surface area contributed by atoms with Gasteiger partial charge in [-0.2, -0.15) is 13.2 Å². The number of benzene rings is 2. The Hall–Kier alpha value is -2.55. The van der Waals surface area contributed by atoms with Gasteiger partial charge in [-0.1, -0.05) is 46.6 Å². The van der Waals surface area contributed by atoms with Gasteiger partial charge in [0, 0.05) is 29.5 Å². The lowest BCUT2D eigenvalue weighted by molar-refractivity contribution is -0.137. The molecule has 1 N–H and O–H groups in total. The fraction of sp³-hybridized carbons (Fsp3) is 0.467. The van der Waals surface area contributed by atoms with Crippen LogP contribution in [0.1, 0.15) is 66.9 Å². The van der Waals surface area contributed by atoms with Gasteiger partial charge in [-0.3, -0.25) is 4.79 Å². The molecular weight excluding hydrogens is 564 g/mol. The van der Waals surface area contributed by atoms with Crippen LogP contribution in [0.2, 0.25) is 10.0 Å². The summed E-state index contributed by atoms with van der Waals surface area (Å²) in [5, 5.41) is 8.22. The van der Waals surface area contributed by atoms with E-state index < -0.39 is 11.7 Å². The fourth-order valence-electron chi connectivity index (χ4n) is 6.45.